The number of amides is 3. The fourth-order valence-corrected chi connectivity index (χ4v) is 7.82. The summed E-state index contributed by atoms with van der Waals surface area (Å²) in [5.74, 6) is -5.47. The van der Waals surface area contributed by atoms with Crippen LogP contribution in [0.2, 0.25) is 5.02 Å². The molecule has 5 aromatic rings. The van der Waals surface area contributed by atoms with E-state index >= 15 is 0 Å². The Morgan fingerprint density at radius 3 is 1.62 bits per heavy atom. The minimum absolute atomic E-state index is 0.0854. The summed E-state index contributed by atoms with van der Waals surface area (Å²) in [6.07, 6.45) is 0. The summed E-state index contributed by atoms with van der Waals surface area (Å²) in [7, 11) is 0. The number of ether oxygens (including phenoxy) is 1. The van der Waals surface area contributed by atoms with Gasteiger partial charge in [-0.25, -0.2) is 9.80 Å². The maximum absolute atomic E-state index is 14.5. The fourth-order valence-electron chi connectivity index (χ4n) is 7.70. The van der Waals surface area contributed by atoms with Crippen LogP contribution in [0.4, 0.5) is 5.69 Å². The highest BCUT2D eigenvalue weighted by Gasteiger charge is 2.63. The van der Waals surface area contributed by atoms with E-state index in [1.54, 1.807) is 0 Å². The number of imide groups is 1. The lowest BCUT2D eigenvalue weighted by Crippen LogP contribution is -2.52. The lowest BCUT2D eigenvalue weighted by Gasteiger charge is -2.45. The first kappa shape index (κ1) is 32.7. The second-order valence-corrected chi connectivity index (χ2v) is 13.2. The number of nitro benzene ring substituents is 1. The van der Waals surface area contributed by atoms with E-state index in [1.165, 1.54) is 72.8 Å². The molecule has 0 saturated carbocycles. The number of non-ortho nitro benzene ring substituents is 1. The number of hydrogen-bond donors (Lipinski definition) is 0. The van der Waals surface area contributed by atoms with Crippen molar-refractivity contribution in [3.63, 3.8) is 0 Å². The Morgan fingerprint density at radius 1 is 0.673 bits per heavy atom. The molecule has 0 unspecified atom stereocenters. The highest BCUT2D eigenvalue weighted by atomic mass is 35.5. The van der Waals surface area contributed by atoms with Crippen LogP contribution >= 0.6 is 11.6 Å². The highest BCUT2D eigenvalue weighted by molar-refractivity contribution is 6.30. The summed E-state index contributed by atoms with van der Waals surface area (Å²) in [6.45, 7) is -0.643. The van der Waals surface area contributed by atoms with E-state index in [-0.39, 0.29) is 28.1 Å². The van der Waals surface area contributed by atoms with Crippen LogP contribution in [0.15, 0.2) is 121 Å². The number of carbonyl (C=O) groups excluding carboxylic acids is 5. The molecular formula is C40H26ClN3O8. The highest BCUT2D eigenvalue weighted by Crippen LogP contribution is 2.61. The third-order valence-corrected chi connectivity index (χ3v) is 10.2. The lowest BCUT2D eigenvalue weighted by atomic mass is 9.55. The molecule has 3 aliphatic carbocycles. The molecule has 2 bridgehead atoms. The molecule has 1 aliphatic heterocycles. The smallest absolute Gasteiger partial charge is 0.343 e. The van der Waals surface area contributed by atoms with Crippen LogP contribution in [0.5, 0.6) is 5.75 Å². The molecule has 3 amide bonds. The third-order valence-electron chi connectivity index (χ3n) is 9.99. The van der Waals surface area contributed by atoms with Gasteiger partial charge in [0.25, 0.3) is 23.4 Å². The number of hydrazine groups is 1. The van der Waals surface area contributed by atoms with Crippen LogP contribution in [0, 0.1) is 22.0 Å². The molecular weight excluding hydrogens is 686 g/mol. The Balaban J connectivity index is 1.09. The van der Waals surface area contributed by atoms with Gasteiger partial charge < -0.3 is 4.74 Å². The van der Waals surface area contributed by atoms with Gasteiger partial charge in [-0.2, -0.15) is 5.01 Å². The SMILES string of the molecule is O=C(CN(C(=O)c1ccc(Cl)cc1)N1C(=O)[C@@H]2C3c4ccccc4C(c4ccccc43)[C@@H]2C1=O)c1ccc(OC(=O)c2ccc([N+](=O)[O-])cc2)cc1. The van der Waals surface area contributed by atoms with Crippen molar-refractivity contribution in [3.8, 4) is 5.75 Å². The first-order valence-corrected chi connectivity index (χ1v) is 16.7. The first-order chi connectivity index (χ1) is 25.1. The number of Topliss-reactive ketones (excluding diaryl/α,β-unsaturated/α-hetero) is 1. The molecule has 11 nitrogen and oxygen atoms in total. The van der Waals surface area contributed by atoms with Crippen molar-refractivity contribution in [1.29, 1.82) is 0 Å². The average molecular weight is 712 g/mol. The predicted octanol–water partition coefficient (Wildman–Crippen LogP) is 6.60. The van der Waals surface area contributed by atoms with Gasteiger partial charge in [0.15, 0.2) is 5.78 Å². The molecule has 9 rings (SSSR count). The van der Waals surface area contributed by atoms with Crippen molar-refractivity contribution in [3.05, 3.63) is 175 Å². The monoisotopic (exact) mass is 711 g/mol. The van der Waals surface area contributed by atoms with E-state index in [1.807, 2.05) is 48.5 Å². The first-order valence-electron chi connectivity index (χ1n) is 16.3. The second-order valence-electron chi connectivity index (χ2n) is 12.8. The van der Waals surface area contributed by atoms with Gasteiger partial charge in [0.05, 0.1) is 22.3 Å². The zero-order valence-electron chi connectivity index (χ0n) is 27.0. The standard InChI is InChI=1S/C40H26ClN3O8/c41-25-15-9-23(10-16-25)37(46)42(21-32(45)22-13-19-27(20-14-22)52-40(49)24-11-17-26(18-12-24)44(50)51)43-38(47)35-33-28-5-1-2-6-29(28)34(36(35)39(43)48)31-8-4-3-7-30(31)33/h1-20,33-36H,21H2/t33?,34?,35-,36+. The molecule has 256 valence electrons. The van der Waals surface area contributed by atoms with Gasteiger partial charge >= 0.3 is 5.97 Å². The van der Waals surface area contributed by atoms with Gasteiger partial charge in [0, 0.05) is 40.1 Å². The largest absolute Gasteiger partial charge is 0.423 e. The van der Waals surface area contributed by atoms with Crippen molar-refractivity contribution in [2.75, 3.05) is 6.54 Å². The normalized spacial score (nSPS) is 19.4. The van der Waals surface area contributed by atoms with E-state index in [2.05, 4.69) is 0 Å². The Kier molecular flexibility index (Phi) is 7.99. The number of benzene rings is 5. The Bertz CT molecular complexity index is 2210. The van der Waals surface area contributed by atoms with Crippen molar-refractivity contribution in [2.45, 2.75) is 11.8 Å². The van der Waals surface area contributed by atoms with Crippen LogP contribution in [-0.4, -0.2) is 51.0 Å². The minimum Gasteiger partial charge on any atom is -0.423 e. The van der Waals surface area contributed by atoms with Gasteiger partial charge in [-0.05, 0) is 82.9 Å². The number of nitrogens with zero attached hydrogens (tertiary/aromatic N) is 3. The van der Waals surface area contributed by atoms with Gasteiger partial charge in [-0.3, -0.25) is 29.3 Å². The summed E-state index contributed by atoms with van der Waals surface area (Å²) < 4.78 is 5.37. The Hall–Kier alpha value is -6.46. The number of esters is 1. The van der Waals surface area contributed by atoms with Crippen LogP contribution in [0.3, 0.4) is 0 Å². The maximum Gasteiger partial charge on any atom is 0.343 e. The number of carbonyl (C=O) groups is 5. The number of ketones is 1. The molecule has 1 saturated heterocycles. The second kappa shape index (κ2) is 12.7. The quantitative estimate of drug-likeness (QED) is 0.0437. The summed E-state index contributed by atoms with van der Waals surface area (Å²) in [4.78, 5) is 80.0. The number of nitro groups is 1. The molecule has 2 atom stereocenters. The third kappa shape index (κ3) is 5.33. The number of rotatable bonds is 8. The molecule has 0 aromatic heterocycles. The molecule has 0 N–H and O–H groups in total. The molecule has 5 aromatic carbocycles. The summed E-state index contributed by atoms with van der Waals surface area (Å²) >= 11 is 6.09. The van der Waals surface area contributed by atoms with E-state index in [9.17, 15) is 34.1 Å². The van der Waals surface area contributed by atoms with Crippen LogP contribution in [0.1, 0.15) is 65.2 Å². The lowest BCUT2D eigenvalue weighted by molar-refractivity contribution is -0.384. The Labute approximate surface area is 301 Å². The zero-order valence-corrected chi connectivity index (χ0v) is 27.8. The Morgan fingerprint density at radius 2 is 1.13 bits per heavy atom. The van der Waals surface area contributed by atoms with Gasteiger partial charge in [-0.1, -0.05) is 60.1 Å². The van der Waals surface area contributed by atoms with Crippen molar-refractivity contribution in [2.24, 2.45) is 11.8 Å². The number of halogens is 1. The van der Waals surface area contributed by atoms with Gasteiger partial charge in [0.1, 0.15) is 12.3 Å². The van der Waals surface area contributed by atoms with Crippen molar-refractivity contribution >= 4 is 46.8 Å². The minimum atomic E-state index is -0.775. The van der Waals surface area contributed by atoms with Gasteiger partial charge in [0.2, 0.25) is 0 Å². The molecule has 52 heavy (non-hydrogen) atoms. The van der Waals surface area contributed by atoms with E-state index < -0.39 is 64.6 Å². The molecule has 4 aliphatic rings. The molecule has 12 heteroatoms. The van der Waals surface area contributed by atoms with Crippen LogP contribution in [-0.2, 0) is 9.59 Å². The maximum atomic E-state index is 14.5. The van der Waals surface area contributed by atoms with Crippen molar-refractivity contribution < 1.29 is 33.6 Å². The molecule has 0 spiro atoms. The fraction of sp³-hybridized carbons (Fsp3) is 0.125. The molecule has 1 fully saturated rings. The van der Waals surface area contributed by atoms with E-state index in [0.29, 0.717) is 5.02 Å². The summed E-state index contributed by atoms with van der Waals surface area (Å²) in [5, 5.41) is 13.1. The van der Waals surface area contributed by atoms with Crippen molar-refractivity contribution in [1.82, 2.24) is 10.0 Å². The number of hydrogen-bond acceptors (Lipinski definition) is 8. The average Bonchev–Trinajstić information content (AvgIpc) is 3.43. The zero-order chi connectivity index (χ0) is 36.3. The van der Waals surface area contributed by atoms with E-state index in [0.717, 1.165) is 32.3 Å². The topological polar surface area (TPSA) is 144 Å². The summed E-state index contributed by atoms with van der Waals surface area (Å²) in [6, 6.07) is 32.0. The van der Waals surface area contributed by atoms with E-state index in [4.69, 9.17) is 16.3 Å². The molecule has 1 heterocycles. The van der Waals surface area contributed by atoms with Crippen LogP contribution in [0.25, 0.3) is 0 Å². The summed E-state index contributed by atoms with van der Waals surface area (Å²) in [5.41, 5.74) is 4.03. The van der Waals surface area contributed by atoms with Gasteiger partial charge in [-0.15, -0.1) is 0 Å². The predicted molar refractivity (Wildman–Crippen MR) is 187 cm³/mol. The van der Waals surface area contributed by atoms with Crippen LogP contribution < -0.4 is 4.74 Å². The molecule has 0 radical (unpaired) electrons.